The first kappa shape index (κ1) is 21.0. The van der Waals surface area contributed by atoms with Crippen molar-refractivity contribution in [2.45, 2.75) is 39.2 Å². The molecule has 29 heavy (non-hydrogen) atoms. The fraction of sp³-hybridized carbons (Fsp3) is 0.571. The normalized spacial score (nSPS) is 16.9. The zero-order valence-electron chi connectivity index (χ0n) is 17.1. The van der Waals surface area contributed by atoms with Crippen LogP contribution in [0.4, 0.5) is 4.79 Å². The van der Waals surface area contributed by atoms with Gasteiger partial charge in [-0.2, -0.15) is 0 Å². The number of benzene rings is 1. The molecule has 0 radical (unpaired) electrons. The van der Waals surface area contributed by atoms with Crippen molar-refractivity contribution in [2.75, 3.05) is 32.9 Å². The Morgan fingerprint density at radius 2 is 1.72 bits per heavy atom. The number of ketones is 1. The van der Waals surface area contributed by atoms with Crippen LogP contribution in [0.15, 0.2) is 18.2 Å². The highest BCUT2D eigenvalue weighted by Crippen LogP contribution is 2.31. The van der Waals surface area contributed by atoms with Crippen LogP contribution >= 0.6 is 0 Å². The zero-order valence-corrected chi connectivity index (χ0v) is 17.1. The Labute approximate surface area is 170 Å². The Hall–Kier alpha value is -2.77. The number of likely N-dealkylation sites (tertiary alicyclic amines) is 1. The van der Waals surface area contributed by atoms with Crippen LogP contribution < -0.4 is 9.47 Å². The summed E-state index contributed by atoms with van der Waals surface area (Å²) in [5.74, 6) is 0.0625. The van der Waals surface area contributed by atoms with Crippen molar-refractivity contribution < 1.29 is 33.3 Å². The third kappa shape index (κ3) is 5.62. The van der Waals surface area contributed by atoms with Crippen molar-refractivity contribution in [3.8, 4) is 11.5 Å². The van der Waals surface area contributed by atoms with Crippen molar-refractivity contribution in [1.29, 1.82) is 0 Å². The van der Waals surface area contributed by atoms with Crippen LogP contribution in [0.3, 0.4) is 0 Å². The summed E-state index contributed by atoms with van der Waals surface area (Å²) < 4.78 is 21.5. The van der Waals surface area contributed by atoms with E-state index < -0.39 is 11.6 Å². The third-order valence-corrected chi connectivity index (χ3v) is 4.69. The third-order valence-electron chi connectivity index (χ3n) is 4.69. The smallest absolute Gasteiger partial charge is 0.410 e. The Balaban J connectivity index is 1.45. The standard InChI is InChI=1S/C21H27NO7/c1-21(2,3)29-20(25)22-8-6-14(7-9-22)19(24)28-13-16(23)15-4-5-17-18(12-15)27-11-10-26-17/h4-5,12,14H,6-11,13H2,1-3H3. The molecule has 1 aromatic rings. The maximum absolute atomic E-state index is 12.3. The van der Waals surface area contributed by atoms with E-state index in [2.05, 4.69) is 0 Å². The van der Waals surface area contributed by atoms with Crippen molar-refractivity contribution in [3.05, 3.63) is 23.8 Å². The number of esters is 1. The number of carbonyl (C=O) groups is 3. The lowest BCUT2D eigenvalue weighted by Crippen LogP contribution is -2.43. The van der Waals surface area contributed by atoms with Crippen LogP contribution in [0.25, 0.3) is 0 Å². The number of amides is 1. The minimum atomic E-state index is -0.554. The molecule has 0 unspecified atom stereocenters. The lowest BCUT2D eigenvalue weighted by molar-refractivity contribution is -0.149. The summed E-state index contributed by atoms with van der Waals surface area (Å²) in [7, 11) is 0. The van der Waals surface area contributed by atoms with Gasteiger partial charge in [-0.15, -0.1) is 0 Å². The molecular weight excluding hydrogens is 378 g/mol. The van der Waals surface area contributed by atoms with Crippen LogP contribution in [0.2, 0.25) is 0 Å². The summed E-state index contributed by atoms with van der Waals surface area (Å²) in [6, 6.07) is 4.91. The van der Waals surface area contributed by atoms with Gasteiger partial charge in [0.1, 0.15) is 18.8 Å². The number of hydrogen-bond acceptors (Lipinski definition) is 7. The predicted octanol–water partition coefficient (Wildman–Crippen LogP) is 2.83. The van der Waals surface area contributed by atoms with Crippen molar-refractivity contribution in [3.63, 3.8) is 0 Å². The minimum absolute atomic E-state index is 0.304. The zero-order chi connectivity index (χ0) is 21.0. The summed E-state index contributed by atoms with van der Waals surface area (Å²) in [4.78, 5) is 38.3. The Morgan fingerprint density at radius 1 is 1.07 bits per heavy atom. The van der Waals surface area contributed by atoms with E-state index in [9.17, 15) is 14.4 Å². The van der Waals surface area contributed by atoms with Crippen LogP contribution in [0, 0.1) is 5.92 Å². The van der Waals surface area contributed by atoms with Gasteiger partial charge in [0.15, 0.2) is 23.9 Å². The van der Waals surface area contributed by atoms with Crippen molar-refractivity contribution in [2.24, 2.45) is 5.92 Å². The van der Waals surface area contributed by atoms with E-state index >= 15 is 0 Å². The molecule has 1 saturated heterocycles. The van der Waals surface area contributed by atoms with Gasteiger partial charge in [0, 0.05) is 18.7 Å². The number of nitrogens with zero attached hydrogens (tertiary/aromatic N) is 1. The largest absolute Gasteiger partial charge is 0.486 e. The molecule has 1 aromatic carbocycles. The first-order chi connectivity index (χ1) is 13.7. The van der Waals surface area contributed by atoms with E-state index in [-0.39, 0.29) is 24.4 Å². The van der Waals surface area contributed by atoms with E-state index in [0.29, 0.717) is 56.2 Å². The van der Waals surface area contributed by atoms with Gasteiger partial charge in [0.2, 0.25) is 0 Å². The number of fused-ring (bicyclic) bond motifs is 1. The second-order valence-corrected chi connectivity index (χ2v) is 8.13. The van der Waals surface area contributed by atoms with Gasteiger partial charge in [0.25, 0.3) is 0 Å². The number of carbonyl (C=O) groups excluding carboxylic acids is 3. The van der Waals surface area contributed by atoms with Gasteiger partial charge >= 0.3 is 12.1 Å². The molecule has 0 bridgehead atoms. The van der Waals surface area contributed by atoms with Gasteiger partial charge in [0.05, 0.1) is 5.92 Å². The quantitative estimate of drug-likeness (QED) is 0.562. The maximum Gasteiger partial charge on any atom is 0.410 e. The summed E-state index contributed by atoms with van der Waals surface area (Å²) in [6.07, 6.45) is 0.588. The first-order valence-corrected chi connectivity index (χ1v) is 9.80. The van der Waals surface area contributed by atoms with E-state index in [0.717, 1.165) is 0 Å². The second kappa shape index (κ2) is 8.71. The Kier molecular flexibility index (Phi) is 6.30. The maximum atomic E-state index is 12.3. The molecule has 0 aromatic heterocycles. The van der Waals surface area contributed by atoms with E-state index in [1.54, 1.807) is 23.1 Å². The van der Waals surface area contributed by atoms with E-state index in [1.807, 2.05) is 20.8 Å². The van der Waals surface area contributed by atoms with Gasteiger partial charge < -0.3 is 23.8 Å². The predicted molar refractivity (Wildman–Crippen MR) is 103 cm³/mol. The lowest BCUT2D eigenvalue weighted by atomic mass is 9.97. The highest BCUT2D eigenvalue weighted by atomic mass is 16.6. The molecule has 0 aliphatic carbocycles. The molecule has 1 amide bonds. The van der Waals surface area contributed by atoms with Crippen LogP contribution in [0.5, 0.6) is 11.5 Å². The van der Waals surface area contributed by atoms with Crippen molar-refractivity contribution in [1.82, 2.24) is 4.90 Å². The van der Waals surface area contributed by atoms with Crippen molar-refractivity contribution >= 4 is 17.8 Å². The Morgan fingerprint density at radius 3 is 2.38 bits per heavy atom. The molecule has 1 fully saturated rings. The molecule has 0 saturated carbocycles. The fourth-order valence-electron chi connectivity index (χ4n) is 3.18. The number of hydrogen-bond donors (Lipinski definition) is 0. The molecule has 0 spiro atoms. The summed E-state index contributed by atoms with van der Waals surface area (Å²) >= 11 is 0. The fourth-order valence-corrected chi connectivity index (χ4v) is 3.18. The van der Waals surface area contributed by atoms with Gasteiger partial charge in [-0.05, 0) is 51.8 Å². The number of Topliss-reactive ketones (excluding diaryl/α,β-unsaturated/α-hetero) is 1. The molecule has 3 rings (SSSR count). The summed E-state index contributed by atoms with van der Waals surface area (Å²) in [5, 5.41) is 0. The number of ether oxygens (including phenoxy) is 4. The van der Waals surface area contributed by atoms with Gasteiger partial charge in [-0.25, -0.2) is 4.79 Å². The highest BCUT2D eigenvalue weighted by Gasteiger charge is 2.31. The topological polar surface area (TPSA) is 91.4 Å². The molecule has 8 heteroatoms. The molecule has 2 aliphatic rings. The lowest BCUT2D eigenvalue weighted by Gasteiger charge is -2.32. The SMILES string of the molecule is CC(C)(C)OC(=O)N1CCC(C(=O)OCC(=O)c2ccc3c(c2)OCCO3)CC1. The number of rotatable bonds is 4. The average molecular weight is 405 g/mol. The van der Waals surface area contributed by atoms with Crippen LogP contribution in [-0.4, -0.2) is 61.3 Å². The van der Waals surface area contributed by atoms with E-state index in [1.165, 1.54) is 0 Å². The molecule has 2 heterocycles. The summed E-state index contributed by atoms with van der Waals surface area (Å²) in [5.41, 5.74) is -0.150. The molecular formula is C21H27NO7. The molecule has 8 nitrogen and oxygen atoms in total. The average Bonchev–Trinajstić information content (AvgIpc) is 2.70. The van der Waals surface area contributed by atoms with E-state index in [4.69, 9.17) is 18.9 Å². The molecule has 158 valence electrons. The van der Waals surface area contributed by atoms with Crippen LogP contribution in [-0.2, 0) is 14.3 Å². The Bertz CT molecular complexity index is 776. The summed E-state index contributed by atoms with van der Waals surface area (Å²) in [6.45, 7) is 6.86. The van der Waals surface area contributed by atoms with Gasteiger partial charge in [-0.3, -0.25) is 9.59 Å². The second-order valence-electron chi connectivity index (χ2n) is 8.13. The van der Waals surface area contributed by atoms with Crippen LogP contribution in [0.1, 0.15) is 44.0 Å². The number of piperidine rings is 1. The molecule has 0 atom stereocenters. The first-order valence-electron chi connectivity index (χ1n) is 9.80. The molecule has 2 aliphatic heterocycles. The minimum Gasteiger partial charge on any atom is -0.486 e. The highest BCUT2D eigenvalue weighted by molar-refractivity contribution is 5.98. The monoisotopic (exact) mass is 405 g/mol. The molecule has 0 N–H and O–H groups in total. The van der Waals surface area contributed by atoms with Gasteiger partial charge in [-0.1, -0.05) is 0 Å².